The van der Waals surface area contributed by atoms with Crippen molar-refractivity contribution < 1.29 is 9.47 Å². The van der Waals surface area contributed by atoms with Crippen molar-refractivity contribution in [2.45, 2.75) is 6.54 Å². The van der Waals surface area contributed by atoms with Gasteiger partial charge in [0.15, 0.2) is 0 Å². The molecule has 0 saturated carbocycles. The van der Waals surface area contributed by atoms with Crippen LogP contribution in [-0.4, -0.2) is 23.8 Å². The van der Waals surface area contributed by atoms with E-state index in [2.05, 4.69) is 21.7 Å². The van der Waals surface area contributed by atoms with Crippen LogP contribution in [0.3, 0.4) is 0 Å². The molecule has 0 saturated heterocycles. The van der Waals surface area contributed by atoms with Crippen molar-refractivity contribution in [1.29, 1.82) is 0 Å². The summed E-state index contributed by atoms with van der Waals surface area (Å²) in [6, 6.07) is 14.1. The molecule has 4 heteroatoms. The Kier molecular flexibility index (Phi) is 3.29. The van der Waals surface area contributed by atoms with Crippen molar-refractivity contribution in [2.75, 3.05) is 14.2 Å². The van der Waals surface area contributed by atoms with Gasteiger partial charge >= 0.3 is 0 Å². The fourth-order valence-corrected chi connectivity index (χ4v) is 2.36. The molecular weight excluding hydrogens is 252 g/mol. The molecule has 20 heavy (non-hydrogen) atoms. The number of hydrogen-bond donors (Lipinski definition) is 0. The summed E-state index contributed by atoms with van der Waals surface area (Å²) < 4.78 is 12.9. The molecule has 0 radical (unpaired) electrons. The third kappa shape index (κ3) is 2.09. The molecule has 0 unspecified atom stereocenters. The Morgan fingerprint density at radius 2 is 1.65 bits per heavy atom. The van der Waals surface area contributed by atoms with Crippen LogP contribution in [0.25, 0.3) is 11.0 Å². The molecule has 0 bridgehead atoms. The summed E-state index contributed by atoms with van der Waals surface area (Å²) in [5.74, 6) is 1.56. The standard InChI is InChI=1S/C16H16N2O2/c1-19-13-8-9-14(20-2)16-15(13)17-11-18(16)10-12-6-4-3-5-7-12/h3-9,11H,10H2,1-2H3. The molecule has 0 atom stereocenters. The highest BCUT2D eigenvalue weighted by molar-refractivity contribution is 5.87. The average molecular weight is 268 g/mol. The van der Waals surface area contributed by atoms with Crippen LogP contribution in [0.4, 0.5) is 0 Å². The molecule has 0 N–H and O–H groups in total. The van der Waals surface area contributed by atoms with E-state index in [4.69, 9.17) is 9.47 Å². The molecule has 0 spiro atoms. The van der Waals surface area contributed by atoms with Gasteiger partial charge in [0.2, 0.25) is 0 Å². The SMILES string of the molecule is COc1ccc(OC)c2c1ncn2Cc1ccccc1. The Morgan fingerprint density at radius 3 is 2.35 bits per heavy atom. The van der Waals surface area contributed by atoms with Gasteiger partial charge in [0, 0.05) is 6.54 Å². The molecule has 4 nitrogen and oxygen atoms in total. The van der Waals surface area contributed by atoms with E-state index in [1.54, 1.807) is 14.2 Å². The minimum atomic E-state index is 0.751. The zero-order valence-electron chi connectivity index (χ0n) is 11.5. The number of imidazole rings is 1. The molecule has 0 aliphatic carbocycles. The second-order valence-corrected chi connectivity index (χ2v) is 4.53. The maximum atomic E-state index is 5.45. The number of benzene rings is 2. The van der Waals surface area contributed by atoms with Gasteiger partial charge in [-0.1, -0.05) is 30.3 Å². The van der Waals surface area contributed by atoms with E-state index in [0.717, 1.165) is 29.1 Å². The van der Waals surface area contributed by atoms with E-state index in [1.807, 2.05) is 36.7 Å². The lowest BCUT2D eigenvalue weighted by atomic mass is 10.2. The Hall–Kier alpha value is -2.49. The topological polar surface area (TPSA) is 36.3 Å². The first-order valence-corrected chi connectivity index (χ1v) is 6.43. The summed E-state index contributed by atoms with van der Waals surface area (Å²) in [5, 5.41) is 0. The number of nitrogens with zero attached hydrogens (tertiary/aromatic N) is 2. The predicted octanol–water partition coefficient (Wildman–Crippen LogP) is 3.10. The summed E-state index contributed by atoms with van der Waals surface area (Å²) in [5.41, 5.74) is 3.00. The first-order valence-electron chi connectivity index (χ1n) is 6.43. The van der Waals surface area contributed by atoms with Crippen LogP contribution in [0.2, 0.25) is 0 Å². The zero-order valence-corrected chi connectivity index (χ0v) is 11.5. The van der Waals surface area contributed by atoms with Gasteiger partial charge in [-0.15, -0.1) is 0 Å². The molecule has 0 aliphatic rings. The molecule has 0 fully saturated rings. The van der Waals surface area contributed by atoms with E-state index >= 15 is 0 Å². The quantitative estimate of drug-likeness (QED) is 0.729. The van der Waals surface area contributed by atoms with Crippen molar-refractivity contribution in [3.05, 3.63) is 54.4 Å². The van der Waals surface area contributed by atoms with Crippen molar-refractivity contribution >= 4 is 11.0 Å². The van der Waals surface area contributed by atoms with Crippen LogP contribution in [0.5, 0.6) is 11.5 Å². The van der Waals surface area contributed by atoms with E-state index in [1.165, 1.54) is 5.56 Å². The second kappa shape index (κ2) is 5.25. The smallest absolute Gasteiger partial charge is 0.146 e. The number of methoxy groups -OCH3 is 2. The largest absolute Gasteiger partial charge is 0.494 e. The van der Waals surface area contributed by atoms with Crippen LogP contribution < -0.4 is 9.47 Å². The monoisotopic (exact) mass is 268 g/mol. The summed E-state index contributed by atoms with van der Waals surface area (Å²) in [7, 11) is 3.32. The van der Waals surface area contributed by atoms with Gasteiger partial charge in [-0.3, -0.25) is 0 Å². The van der Waals surface area contributed by atoms with Gasteiger partial charge in [0.1, 0.15) is 22.5 Å². The lowest BCUT2D eigenvalue weighted by molar-refractivity contribution is 0.408. The van der Waals surface area contributed by atoms with Gasteiger partial charge in [-0.2, -0.15) is 0 Å². The normalized spacial score (nSPS) is 10.7. The highest BCUT2D eigenvalue weighted by Gasteiger charge is 2.13. The van der Waals surface area contributed by atoms with Crippen molar-refractivity contribution in [3.63, 3.8) is 0 Å². The number of aromatic nitrogens is 2. The van der Waals surface area contributed by atoms with E-state index < -0.39 is 0 Å². The first-order chi connectivity index (χ1) is 9.83. The van der Waals surface area contributed by atoms with Crippen LogP contribution in [0, 0.1) is 0 Å². The Balaban J connectivity index is 2.12. The second-order valence-electron chi connectivity index (χ2n) is 4.53. The third-order valence-electron chi connectivity index (χ3n) is 3.33. The first kappa shape index (κ1) is 12.5. The van der Waals surface area contributed by atoms with Crippen molar-refractivity contribution in [3.8, 4) is 11.5 Å². The van der Waals surface area contributed by atoms with E-state index in [-0.39, 0.29) is 0 Å². The fourth-order valence-electron chi connectivity index (χ4n) is 2.36. The number of hydrogen-bond acceptors (Lipinski definition) is 3. The van der Waals surface area contributed by atoms with E-state index in [9.17, 15) is 0 Å². The Bertz CT molecular complexity index is 720. The molecule has 1 aromatic heterocycles. The lowest BCUT2D eigenvalue weighted by Crippen LogP contribution is -1.99. The number of ether oxygens (including phenoxy) is 2. The van der Waals surface area contributed by atoms with Crippen molar-refractivity contribution in [1.82, 2.24) is 9.55 Å². The third-order valence-corrected chi connectivity index (χ3v) is 3.33. The highest BCUT2D eigenvalue weighted by atomic mass is 16.5. The molecule has 3 aromatic rings. The summed E-state index contributed by atoms with van der Waals surface area (Å²) in [4.78, 5) is 4.45. The molecule has 3 rings (SSSR count). The molecule has 0 aliphatic heterocycles. The molecule has 2 aromatic carbocycles. The van der Waals surface area contributed by atoms with Crippen LogP contribution in [0.15, 0.2) is 48.8 Å². The Morgan fingerprint density at radius 1 is 0.950 bits per heavy atom. The minimum absolute atomic E-state index is 0.751. The molecular formula is C16H16N2O2. The number of fused-ring (bicyclic) bond motifs is 1. The van der Waals surface area contributed by atoms with Gasteiger partial charge in [0.05, 0.1) is 20.5 Å². The lowest BCUT2D eigenvalue weighted by Gasteiger charge is -2.09. The minimum Gasteiger partial charge on any atom is -0.494 e. The van der Waals surface area contributed by atoms with Gasteiger partial charge < -0.3 is 14.0 Å². The zero-order chi connectivity index (χ0) is 13.9. The Labute approximate surface area is 117 Å². The van der Waals surface area contributed by atoms with Gasteiger partial charge in [-0.05, 0) is 17.7 Å². The summed E-state index contributed by atoms with van der Waals surface area (Å²) in [6.07, 6.45) is 1.82. The van der Waals surface area contributed by atoms with Gasteiger partial charge in [0.25, 0.3) is 0 Å². The molecule has 1 heterocycles. The molecule has 0 amide bonds. The maximum absolute atomic E-state index is 5.45. The van der Waals surface area contributed by atoms with Crippen molar-refractivity contribution in [2.24, 2.45) is 0 Å². The average Bonchev–Trinajstić information content (AvgIpc) is 2.91. The highest BCUT2D eigenvalue weighted by Crippen LogP contribution is 2.32. The predicted molar refractivity (Wildman–Crippen MR) is 78.4 cm³/mol. The number of rotatable bonds is 4. The van der Waals surface area contributed by atoms with Crippen LogP contribution in [-0.2, 0) is 6.54 Å². The summed E-state index contributed by atoms with van der Waals surface area (Å²) >= 11 is 0. The fraction of sp³-hybridized carbons (Fsp3) is 0.188. The van der Waals surface area contributed by atoms with Gasteiger partial charge in [-0.25, -0.2) is 4.98 Å². The van der Waals surface area contributed by atoms with Crippen LogP contribution >= 0.6 is 0 Å². The van der Waals surface area contributed by atoms with Crippen LogP contribution in [0.1, 0.15) is 5.56 Å². The summed E-state index contributed by atoms with van der Waals surface area (Å²) in [6.45, 7) is 0.751. The molecule has 102 valence electrons. The maximum Gasteiger partial charge on any atom is 0.146 e. The van der Waals surface area contributed by atoms with E-state index in [0.29, 0.717) is 0 Å².